The molecule has 0 aliphatic carbocycles. The van der Waals surface area contributed by atoms with E-state index in [2.05, 4.69) is 5.32 Å². The van der Waals surface area contributed by atoms with Gasteiger partial charge in [-0.25, -0.2) is 4.90 Å². The van der Waals surface area contributed by atoms with Crippen molar-refractivity contribution in [3.8, 4) is 0 Å². The maximum Gasteiger partial charge on any atom is 0.295 e. The largest absolute Gasteiger partial charge is 0.365 e. The molecule has 1 unspecified atom stereocenters. The number of rotatable bonds is 3. The van der Waals surface area contributed by atoms with Crippen LogP contribution in [0.3, 0.4) is 0 Å². The SMILES string of the molecule is Cc1ccc(NC2SC(=O)N(c3ccc(C)cc3)C2=O)cc1. The number of carbonyl (C=O) groups is 2. The van der Waals surface area contributed by atoms with Gasteiger partial charge in [-0.2, -0.15) is 0 Å². The number of thioether (sulfide) groups is 1. The summed E-state index contributed by atoms with van der Waals surface area (Å²) in [5.41, 5.74) is 3.68. The van der Waals surface area contributed by atoms with Crippen molar-refractivity contribution in [3.63, 3.8) is 0 Å². The lowest BCUT2D eigenvalue weighted by atomic mass is 10.2. The van der Waals surface area contributed by atoms with Crippen molar-refractivity contribution < 1.29 is 9.59 Å². The Morgan fingerprint density at radius 3 is 2.05 bits per heavy atom. The van der Waals surface area contributed by atoms with Crippen molar-refractivity contribution >= 4 is 34.3 Å². The van der Waals surface area contributed by atoms with E-state index in [0.717, 1.165) is 28.6 Å². The van der Waals surface area contributed by atoms with Crippen LogP contribution < -0.4 is 10.2 Å². The molecule has 22 heavy (non-hydrogen) atoms. The lowest BCUT2D eigenvalue weighted by molar-refractivity contribution is -0.116. The fraction of sp³-hybridized carbons (Fsp3) is 0.176. The summed E-state index contributed by atoms with van der Waals surface area (Å²) in [6.45, 7) is 3.97. The van der Waals surface area contributed by atoms with Crippen LogP contribution in [0, 0.1) is 13.8 Å². The molecule has 3 rings (SSSR count). The summed E-state index contributed by atoms with van der Waals surface area (Å²) < 4.78 is 0. The molecule has 112 valence electrons. The second-order valence-electron chi connectivity index (χ2n) is 5.28. The molecule has 1 saturated heterocycles. The third-order valence-corrected chi connectivity index (χ3v) is 4.43. The summed E-state index contributed by atoms with van der Waals surface area (Å²) in [5.74, 6) is -0.237. The summed E-state index contributed by atoms with van der Waals surface area (Å²) in [4.78, 5) is 25.9. The monoisotopic (exact) mass is 312 g/mol. The standard InChI is InChI=1S/C17H16N2O2S/c1-11-3-7-13(8-4-11)18-15-16(20)19(17(21)22-15)14-9-5-12(2)6-10-14/h3-10,15,18H,1-2H3. The molecule has 5 heteroatoms. The minimum atomic E-state index is -0.587. The first-order chi connectivity index (χ1) is 10.5. The smallest absolute Gasteiger partial charge is 0.295 e. The van der Waals surface area contributed by atoms with Gasteiger partial charge in [-0.05, 0) is 49.9 Å². The zero-order valence-electron chi connectivity index (χ0n) is 12.4. The van der Waals surface area contributed by atoms with E-state index in [0.29, 0.717) is 5.69 Å². The first-order valence-corrected chi connectivity index (χ1v) is 7.87. The quantitative estimate of drug-likeness (QED) is 0.932. The number of hydrogen-bond donors (Lipinski definition) is 1. The average molecular weight is 312 g/mol. The van der Waals surface area contributed by atoms with Gasteiger partial charge in [0, 0.05) is 5.69 Å². The molecular weight excluding hydrogens is 296 g/mol. The number of carbonyl (C=O) groups excluding carboxylic acids is 2. The summed E-state index contributed by atoms with van der Waals surface area (Å²) in [5, 5.41) is 2.27. The van der Waals surface area contributed by atoms with Crippen LogP contribution in [0.4, 0.5) is 16.2 Å². The molecule has 0 spiro atoms. The predicted octanol–water partition coefficient (Wildman–Crippen LogP) is 3.94. The van der Waals surface area contributed by atoms with Crippen LogP contribution in [0.5, 0.6) is 0 Å². The fourth-order valence-corrected chi connectivity index (χ4v) is 3.13. The van der Waals surface area contributed by atoms with Gasteiger partial charge in [-0.1, -0.05) is 35.4 Å². The van der Waals surface area contributed by atoms with Gasteiger partial charge in [-0.15, -0.1) is 0 Å². The Morgan fingerprint density at radius 2 is 1.45 bits per heavy atom. The minimum absolute atomic E-state index is 0.237. The van der Waals surface area contributed by atoms with Gasteiger partial charge in [0.1, 0.15) is 0 Å². The number of imide groups is 1. The van der Waals surface area contributed by atoms with Gasteiger partial charge in [0.05, 0.1) is 5.69 Å². The summed E-state index contributed by atoms with van der Waals surface area (Å²) in [6, 6.07) is 15.1. The van der Waals surface area contributed by atoms with E-state index >= 15 is 0 Å². The van der Waals surface area contributed by atoms with Crippen molar-refractivity contribution in [1.29, 1.82) is 0 Å². The van der Waals surface area contributed by atoms with E-state index < -0.39 is 5.37 Å². The Balaban J connectivity index is 1.79. The average Bonchev–Trinajstić information content (AvgIpc) is 2.77. The van der Waals surface area contributed by atoms with Crippen LogP contribution in [0.25, 0.3) is 0 Å². The topological polar surface area (TPSA) is 49.4 Å². The molecule has 1 aliphatic heterocycles. The highest BCUT2D eigenvalue weighted by atomic mass is 32.2. The number of hydrogen-bond acceptors (Lipinski definition) is 4. The molecule has 0 saturated carbocycles. The van der Waals surface area contributed by atoms with Crippen LogP contribution in [0.1, 0.15) is 11.1 Å². The first kappa shape index (κ1) is 14.7. The van der Waals surface area contributed by atoms with Crippen LogP contribution in [-0.2, 0) is 4.79 Å². The molecule has 1 N–H and O–H groups in total. The normalized spacial score (nSPS) is 17.9. The first-order valence-electron chi connectivity index (χ1n) is 6.99. The Kier molecular flexibility index (Phi) is 3.90. The van der Waals surface area contributed by atoms with Gasteiger partial charge in [-0.3, -0.25) is 9.59 Å². The molecule has 1 fully saturated rings. The Morgan fingerprint density at radius 1 is 0.909 bits per heavy atom. The lowest BCUT2D eigenvalue weighted by Gasteiger charge is -2.15. The zero-order valence-corrected chi connectivity index (χ0v) is 13.2. The molecule has 1 heterocycles. The van der Waals surface area contributed by atoms with Crippen molar-refractivity contribution in [3.05, 3.63) is 59.7 Å². The lowest BCUT2D eigenvalue weighted by Crippen LogP contribution is -2.34. The second-order valence-corrected chi connectivity index (χ2v) is 6.34. The Hall–Kier alpha value is -2.27. The van der Waals surface area contributed by atoms with E-state index in [9.17, 15) is 9.59 Å². The van der Waals surface area contributed by atoms with E-state index in [1.54, 1.807) is 12.1 Å². The predicted molar refractivity (Wildman–Crippen MR) is 90.2 cm³/mol. The number of aryl methyl sites for hydroxylation is 2. The van der Waals surface area contributed by atoms with E-state index in [1.165, 1.54) is 4.90 Å². The van der Waals surface area contributed by atoms with Crippen LogP contribution in [-0.4, -0.2) is 16.5 Å². The molecule has 2 amide bonds. The maximum atomic E-state index is 12.5. The van der Waals surface area contributed by atoms with Crippen LogP contribution >= 0.6 is 11.8 Å². The maximum absolute atomic E-state index is 12.5. The Bertz CT molecular complexity index is 710. The van der Waals surface area contributed by atoms with Crippen molar-refractivity contribution in [2.75, 3.05) is 10.2 Å². The molecule has 1 atom stereocenters. The summed E-state index contributed by atoms with van der Waals surface area (Å²) in [7, 11) is 0. The second kappa shape index (κ2) is 5.85. The Labute approximate surface area is 133 Å². The number of nitrogens with one attached hydrogen (secondary N) is 1. The molecule has 2 aromatic rings. The van der Waals surface area contributed by atoms with E-state index in [1.807, 2.05) is 50.2 Å². The van der Waals surface area contributed by atoms with E-state index in [-0.39, 0.29) is 11.1 Å². The molecule has 0 aromatic heterocycles. The van der Waals surface area contributed by atoms with Gasteiger partial charge < -0.3 is 5.32 Å². The van der Waals surface area contributed by atoms with Gasteiger partial charge in [0.25, 0.3) is 11.1 Å². The van der Waals surface area contributed by atoms with Gasteiger partial charge >= 0.3 is 0 Å². The third-order valence-electron chi connectivity index (χ3n) is 3.49. The number of nitrogens with zero attached hydrogens (tertiary/aromatic N) is 1. The molecule has 0 bridgehead atoms. The number of anilines is 2. The molecule has 1 aliphatic rings. The van der Waals surface area contributed by atoms with Crippen LogP contribution in [0.2, 0.25) is 0 Å². The minimum Gasteiger partial charge on any atom is -0.365 e. The fourth-order valence-electron chi connectivity index (χ4n) is 2.23. The summed E-state index contributed by atoms with van der Waals surface area (Å²) in [6.07, 6.45) is 0. The van der Waals surface area contributed by atoms with E-state index in [4.69, 9.17) is 0 Å². The van der Waals surface area contributed by atoms with Crippen molar-refractivity contribution in [2.45, 2.75) is 19.2 Å². The molecule has 2 aromatic carbocycles. The number of benzene rings is 2. The van der Waals surface area contributed by atoms with Crippen molar-refractivity contribution in [2.24, 2.45) is 0 Å². The molecular formula is C17H16N2O2S. The zero-order chi connectivity index (χ0) is 15.7. The van der Waals surface area contributed by atoms with Gasteiger partial charge in [0.15, 0.2) is 5.37 Å². The summed E-state index contributed by atoms with van der Waals surface area (Å²) >= 11 is 1.01. The van der Waals surface area contributed by atoms with Gasteiger partial charge in [0.2, 0.25) is 0 Å². The van der Waals surface area contributed by atoms with Crippen LogP contribution in [0.15, 0.2) is 48.5 Å². The highest BCUT2D eigenvalue weighted by Gasteiger charge is 2.40. The third kappa shape index (κ3) is 2.85. The molecule has 4 nitrogen and oxygen atoms in total. The highest BCUT2D eigenvalue weighted by molar-refractivity contribution is 8.16. The number of amides is 2. The van der Waals surface area contributed by atoms with Crippen molar-refractivity contribution in [1.82, 2.24) is 0 Å². The molecule has 0 radical (unpaired) electrons. The highest BCUT2D eigenvalue weighted by Crippen LogP contribution is 2.32.